The van der Waals surface area contributed by atoms with Gasteiger partial charge in [-0.05, 0) is 6.07 Å². The first kappa shape index (κ1) is 17.3. The summed E-state index contributed by atoms with van der Waals surface area (Å²) in [5, 5.41) is 3.85. The van der Waals surface area contributed by atoms with Crippen molar-refractivity contribution in [1.29, 1.82) is 0 Å². The van der Waals surface area contributed by atoms with E-state index in [0.717, 1.165) is 5.56 Å². The van der Waals surface area contributed by atoms with Gasteiger partial charge in [0.2, 0.25) is 0 Å². The van der Waals surface area contributed by atoms with Gasteiger partial charge in [-0.1, -0.05) is 18.2 Å². The average molecular weight is 332 g/mol. The second-order valence-corrected chi connectivity index (χ2v) is 5.22. The Labute approximate surface area is 139 Å². The molecule has 8 nitrogen and oxygen atoms in total. The molecule has 0 bridgehead atoms. The number of rotatable bonds is 6. The van der Waals surface area contributed by atoms with Gasteiger partial charge in [0.15, 0.2) is 6.61 Å². The first-order chi connectivity index (χ1) is 11.4. The third kappa shape index (κ3) is 4.03. The number of carbonyl (C=O) groups is 2. The number of esters is 1. The van der Waals surface area contributed by atoms with E-state index in [1.807, 2.05) is 24.3 Å². The predicted octanol–water partition coefficient (Wildman–Crippen LogP) is 0.826. The van der Waals surface area contributed by atoms with Crippen molar-refractivity contribution < 1.29 is 19.1 Å². The van der Waals surface area contributed by atoms with E-state index in [2.05, 4.69) is 5.10 Å². The molecule has 0 saturated carbocycles. The number of carbonyl (C=O) groups excluding carboxylic acids is 2. The summed E-state index contributed by atoms with van der Waals surface area (Å²) < 4.78 is 11.6. The lowest BCUT2D eigenvalue weighted by Crippen LogP contribution is -2.31. The molecule has 2 rings (SSSR count). The van der Waals surface area contributed by atoms with Crippen molar-refractivity contribution in [2.45, 2.75) is 6.54 Å². The lowest BCUT2D eigenvalue weighted by atomic mass is 10.2. The molecular formula is C16H20N4O4. The molecule has 0 saturated heterocycles. The van der Waals surface area contributed by atoms with Crippen molar-refractivity contribution in [2.24, 2.45) is 7.05 Å². The van der Waals surface area contributed by atoms with E-state index in [9.17, 15) is 9.59 Å². The molecule has 0 unspecified atom stereocenters. The number of aryl methyl sites for hydroxylation is 1. The Morgan fingerprint density at radius 1 is 1.33 bits per heavy atom. The van der Waals surface area contributed by atoms with Crippen LogP contribution in [0.3, 0.4) is 0 Å². The summed E-state index contributed by atoms with van der Waals surface area (Å²) in [6, 6.07) is 8.80. The highest BCUT2D eigenvalue weighted by Gasteiger charge is 2.17. The summed E-state index contributed by atoms with van der Waals surface area (Å²) in [7, 11) is 4.77. The van der Waals surface area contributed by atoms with Gasteiger partial charge in [-0.3, -0.25) is 9.48 Å². The quantitative estimate of drug-likeness (QED) is 0.787. The van der Waals surface area contributed by atoms with Crippen LogP contribution in [-0.2, 0) is 23.1 Å². The minimum Gasteiger partial charge on any atom is -0.496 e. The Morgan fingerprint density at radius 3 is 2.67 bits per heavy atom. The van der Waals surface area contributed by atoms with Gasteiger partial charge in [0.05, 0.1) is 7.11 Å². The fourth-order valence-electron chi connectivity index (χ4n) is 2.17. The maximum absolute atomic E-state index is 12.1. The van der Waals surface area contributed by atoms with Gasteiger partial charge in [0.1, 0.15) is 17.3 Å². The van der Waals surface area contributed by atoms with Gasteiger partial charge in [-0.25, -0.2) is 4.79 Å². The second-order valence-electron chi connectivity index (χ2n) is 5.22. The van der Waals surface area contributed by atoms with Crippen LogP contribution in [0.1, 0.15) is 16.1 Å². The number of anilines is 1. The lowest BCUT2D eigenvalue weighted by Gasteiger charge is -2.18. The van der Waals surface area contributed by atoms with E-state index < -0.39 is 5.97 Å². The van der Waals surface area contributed by atoms with Crippen LogP contribution in [0.15, 0.2) is 30.3 Å². The van der Waals surface area contributed by atoms with E-state index >= 15 is 0 Å². The van der Waals surface area contributed by atoms with Crippen LogP contribution in [0.25, 0.3) is 0 Å². The minimum atomic E-state index is -0.652. The van der Waals surface area contributed by atoms with Crippen molar-refractivity contribution in [3.8, 4) is 5.75 Å². The normalized spacial score (nSPS) is 10.3. The molecule has 0 radical (unpaired) electrons. The standard InChI is InChI=1S/C16H20N4O4/c1-19(9-11-6-4-5-7-13(11)23-3)15(21)10-24-16(22)12-8-14(17)18-20(12)2/h4-8H,9-10H2,1-3H3,(H2,17,18). The Balaban J connectivity index is 1.92. The molecule has 0 aliphatic carbocycles. The zero-order valence-electron chi connectivity index (χ0n) is 13.9. The number of hydrogen-bond acceptors (Lipinski definition) is 6. The van der Waals surface area contributed by atoms with Crippen LogP contribution in [0, 0.1) is 0 Å². The number of aromatic nitrogens is 2. The fraction of sp³-hybridized carbons (Fsp3) is 0.312. The number of amides is 1. The van der Waals surface area contributed by atoms with E-state index in [-0.39, 0.29) is 24.0 Å². The first-order valence-corrected chi connectivity index (χ1v) is 7.25. The molecule has 8 heteroatoms. The Morgan fingerprint density at radius 2 is 2.04 bits per heavy atom. The van der Waals surface area contributed by atoms with Gasteiger partial charge >= 0.3 is 5.97 Å². The monoisotopic (exact) mass is 332 g/mol. The molecule has 0 aliphatic rings. The summed E-state index contributed by atoms with van der Waals surface area (Å²) in [6.07, 6.45) is 0. The van der Waals surface area contributed by atoms with Crippen LogP contribution >= 0.6 is 0 Å². The molecule has 2 N–H and O–H groups in total. The van der Waals surface area contributed by atoms with Gasteiger partial charge in [0, 0.05) is 32.3 Å². The molecule has 1 aromatic carbocycles. The van der Waals surface area contributed by atoms with E-state index in [1.165, 1.54) is 15.6 Å². The zero-order chi connectivity index (χ0) is 17.7. The Kier molecular flexibility index (Phi) is 5.41. The molecule has 128 valence electrons. The van der Waals surface area contributed by atoms with Crippen molar-refractivity contribution >= 4 is 17.7 Å². The van der Waals surface area contributed by atoms with Crippen LogP contribution in [-0.4, -0.2) is 47.3 Å². The minimum absolute atomic E-state index is 0.188. The molecule has 0 spiro atoms. The van der Waals surface area contributed by atoms with Gasteiger partial charge in [-0.2, -0.15) is 5.10 Å². The predicted molar refractivity (Wildman–Crippen MR) is 87.4 cm³/mol. The summed E-state index contributed by atoms with van der Waals surface area (Å²) >= 11 is 0. The smallest absolute Gasteiger partial charge is 0.357 e. The highest BCUT2D eigenvalue weighted by molar-refractivity contribution is 5.90. The largest absolute Gasteiger partial charge is 0.496 e. The SMILES string of the molecule is COc1ccccc1CN(C)C(=O)COC(=O)c1cc(N)nn1C. The molecule has 1 amide bonds. The summed E-state index contributed by atoms with van der Waals surface area (Å²) in [5.74, 6) is -0.0753. The molecule has 0 atom stereocenters. The number of ether oxygens (including phenoxy) is 2. The molecule has 2 aromatic rings. The highest BCUT2D eigenvalue weighted by atomic mass is 16.5. The third-order valence-electron chi connectivity index (χ3n) is 3.46. The number of likely N-dealkylation sites (N-methyl/N-ethyl adjacent to an activating group) is 1. The molecule has 1 heterocycles. The maximum atomic E-state index is 12.1. The highest BCUT2D eigenvalue weighted by Crippen LogP contribution is 2.18. The summed E-state index contributed by atoms with van der Waals surface area (Å²) in [4.78, 5) is 25.5. The number of hydrogen-bond donors (Lipinski definition) is 1. The molecular weight excluding hydrogens is 312 g/mol. The number of nitrogen functional groups attached to an aromatic ring is 1. The molecule has 24 heavy (non-hydrogen) atoms. The first-order valence-electron chi connectivity index (χ1n) is 7.25. The lowest BCUT2D eigenvalue weighted by molar-refractivity contribution is -0.133. The van der Waals surface area contributed by atoms with Crippen LogP contribution in [0.5, 0.6) is 5.75 Å². The Bertz CT molecular complexity index is 741. The van der Waals surface area contributed by atoms with Crippen LogP contribution in [0.4, 0.5) is 5.82 Å². The number of benzene rings is 1. The Hall–Kier alpha value is -3.03. The maximum Gasteiger partial charge on any atom is 0.357 e. The average Bonchev–Trinajstić information content (AvgIpc) is 2.91. The number of para-hydroxylation sites is 1. The van der Waals surface area contributed by atoms with Crippen molar-refractivity contribution in [3.05, 3.63) is 41.6 Å². The van der Waals surface area contributed by atoms with Crippen molar-refractivity contribution in [2.75, 3.05) is 26.5 Å². The fourth-order valence-corrected chi connectivity index (χ4v) is 2.17. The van der Waals surface area contributed by atoms with Crippen molar-refractivity contribution in [3.63, 3.8) is 0 Å². The van der Waals surface area contributed by atoms with Gasteiger partial charge in [0.25, 0.3) is 5.91 Å². The van der Waals surface area contributed by atoms with E-state index in [4.69, 9.17) is 15.2 Å². The second kappa shape index (κ2) is 7.49. The molecule has 0 aliphatic heterocycles. The molecule has 0 fully saturated rings. The van der Waals surface area contributed by atoms with Gasteiger partial charge in [-0.15, -0.1) is 0 Å². The number of nitrogens with zero attached hydrogens (tertiary/aromatic N) is 3. The molecule has 1 aromatic heterocycles. The van der Waals surface area contributed by atoms with E-state index in [1.54, 1.807) is 21.2 Å². The summed E-state index contributed by atoms with van der Waals surface area (Å²) in [5.41, 5.74) is 6.56. The summed E-state index contributed by atoms with van der Waals surface area (Å²) in [6.45, 7) is -0.0192. The van der Waals surface area contributed by atoms with E-state index in [0.29, 0.717) is 12.3 Å². The van der Waals surface area contributed by atoms with Gasteiger partial charge < -0.3 is 20.1 Å². The zero-order valence-corrected chi connectivity index (χ0v) is 13.9. The number of methoxy groups -OCH3 is 1. The number of nitrogens with two attached hydrogens (primary N) is 1. The van der Waals surface area contributed by atoms with Crippen LogP contribution < -0.4 is 10.5 Å². The van der Waals surface area contributed by atoms with Crippen molar-refractivity contribution in [1.82, 2.24) is 14.7 Å². The van der Waals surface area contributed by atoms with Crippen LogP contribution in [0.2, 0.25) is 0 Å². The topological polar surface area (TPSA) is 99.7 Å². The third-order valence-corrected chi connectivity index (χ3v) is 3.46.